The van der Waals surface area contributed by atoms with Gasteiger partial charge >= 0.3 is 0 Å². The maximum atomic E-state index is 12.3. The number of aryl methyl sites for hydroxylation is 1. The van der Waals surface area contributed by atoms with Crippen molar-refractivity contribution >= 4 is 21.4 Å². The van der Waals surface area contributed by atoms with E-state index in [1.165, 1.54) is 12.3 Å². The summed E-state index contributed by atoms with van der Waals surface area (Å²) in [6.45, 7) is 3.58. The molecule has 3 N–H and O–H groups in total. The number of benzene rings is 1. The number of hydrogen-bond acceptors (Lipinski definition) is 4. The van der Waals surface area contributed by atoms with E-state index in [9.17, 15) is 8.42 Å². The van der Waals surface area contributed by atoms with E-state index in [1.54, 1.807) is 31.3 Å². The summed E-state index contributed by atoms with van der Waals surface area (Å²) in [7, 11) is -3.66. The summed E-state index contributed by atoms with van der Waals surface area (Å²) in [5, 5.41) is 0. The molecule has 0 aliphatic carbocycles. The molecule has 0 amide bonds. The van der Waals surface area contributed by atoms with Crippen molar-refractivity contribution in [3.8, 4) is 0 Å². The van der Waals surface area contributed by atoms with Gasteiger partial charge in [-0.05, 0) is 49.2 Å². The van der Waals surface area contributed by atoms with Crippen LogP contribution in [0.3, 0.4) is 0 Å². The van der Waals surface area contributed by atoms with Crippen molar-refractivity contribution in [3.63, 3.8) is 0 Å². The monoisotopic (exact) mass is 277 g/mol. The lowest BCUT2D eigenvalue weighted by molar-refractivity contribution is 0.600. The van der Waals surface area contributed by atoms with Crippen LogP contribution in [0.2, 0.25) is 0 Å². The Labute approximate surface area is 112 Å². The zero-order valence-corrected chi connectivity index (χ0v) is 11.5. The van der Waals surface area contributed by atoms with Gasteiger partial charge in [-0.1, -0.05) is 0 Å². The molecule has 2 rings (SSSR count). The molecule has 0 spiro atoms. The highest BCUT2D eigenvalue weighted by molar-refractivity contribution is 7.92. The van der Waals surface area contributed by atoms with Gasteiger partial charge in [0.15, 0.2) is 0 Å². The Morgan fingerprint density at radius 3 is 2.63 bits per heavy atom. The highest BCUT2D eigenvalue weighted by atomic mass is 32.2. The van der Waals surface area contributed by atoms with Crippen molar-refractivity contribution in [1.29, 1.82) is 0 Å². The molecule has 0 saturated carbocycles. The summed E-state index contributed by atoms with van der Waals surface area (Å²) in [4.78, 5) is 4.06. The van der Waals surface area contributed by atoms with Crippen LogP contribution in [-0.2, 0) is 10.0 Å². The van der Waals surface area contributed by atoms with Crippen molar-refractivity contribution in [2.24, 2.45) is 0 Å². The number of nitrogens with one attached hydrogen (secondary N) is 1. The van der Waals surface area contributed by atoms with Gasteiger partial charge in [-0.15, -0.1) is 0 Å². The van der Waals surface area contributed by atoms with Gasteiger partial charge in [0.05, 0.1) is 16.8 Å². The third-order valence-corrected chi connectivity index (χ3v) is 4.35. The predicted octanol–water partition coefficient (Wildman–Crippen LogP) is 2.08. The lowest BCUT2D eigenvalue weighted by atomic mass is 10.1. The fourth-order valence-electron chi connectivity index (χ4n) is 1.77. The summed E-state index contributed by atoms with van der Waals surface area (Å²) < 4.78 is 27.1. The summed E-state index contributed by atoms with van der Waals surface area (Å²) in [6.07, 6.45) is 3.03. The van der Waals surface area contributed by atoms with Gasteiger partial charge in [-0.2, -0.15) is 0 Å². The van der Waals surface area contributed by atoms with E-state index in [0.29, 0.717) is 16.9 Å². The number of hydrogen-bond donors (Lipinski definition) is 2. The minimum absolute atomic E-state index is 0.189. The molecule has 0 aliphatic heterocycles. The molecule has 2 aromatic rings. The third-order valence-electron chi connectivity index (χ3n) is 2.85. The Kier molecular flexibility index (Phi) is 3.44. The molecule has 0 radical (unpaired) electrons. The third kappa shape index (κ3) is 2.85. The van der Waals surface area contributed by atoms with Crippen LogP contribution in [-0.4, -0.2) is 13.4 Å². The molecule has 1 aromatic carbocycles. The molecule has 0 aliphatic rings. The fraction of sp³-hybridized carbons (Fsp3) is 0.154. The van der Waals surface area contributed by atoms with Crippen molar-refractivity contribution < 1.29 is 8.42 Å². The average Bonchev–Trinajstić information content (AvgIpc) is 2.34. The zero-order valence-electron chi connectivity index (χ0n) is 10.7. The number of pyridine rings is 1. The van der Waals surface area contributed by atoms with Crippen molar-refractivity contribution in [1.82, 2.24) is 4.98 Å². The second kappa shape index (κ2) is 4.89. The Morgan fingerprint density at radius 1 is 1.26 bits per heavy atom. The maximum Gasteiger partial charge on any atom is 0.262 e. The molecule has 0 bridgehead atoms. The Hall–Kier alpha value is -2.08. The molecular formula is C13H15N3O2S. The van der Waals surface area contributed by atoms with E-state index in [4.69, 9.17) is 5.73 Å². The number of rotatable bonds is 3. The van der Waals surface area contributed by atoms with Gasteiger partial charge in [-0.25, -0.2) is 8.42 Å². The largest absolute Gasteiger partial charge is 0.399 e. The highest BCUT2D eigenvalue weighted by Crippen LogP contribution is 2.24. The van der Waals surface area contributed by atoms with Gasteiger partial charge in [-0.3, -0.25) is 9.71 Å². The van der Waals surface area contributed by atoms with E-state index in [1.807, 2.05) is 6.92 Å². The van der Waals surface area contributed by atoms with E-state index in [-0.39, 0.29) is 4.90 Å². The number of nitrogens with zero attached hydrogens (tertiary/aromatic N) is 1. The number of sulfonamides is 1. The smallest absolute Gasteiger partial charge is 0.262 e. The molecule has 6 heteroatoms. The van der Waals surface area contributed by atoms with Crippen molar-refractivity contribution in [3.05, 3.63) is 47.8 Å². The molecule has 0 unspecified atom stereocenters. The molecule has 5 nitrogen and oxygen atoms in total. The van der Waals surface area contributed by atoms with Gasteiger partial charge in [0.2, 0.25) is 0 Å². The molecule has 1 heterocycles. The van der Waals surface area contributed by atoms with Gasteiger partial charge in [0.25, 0.3) is 10.0 Å². The standard InChI is InChI=1S/C13H15N3O2S/c1-9-6-11(14)7-13(10(9)2)19(17,18)16-12-4-3-5-15-8-12/h3-8,16H,14H2,1-2H3. The molecule has 0 atom stereocenters. The van der Waals surface area contributed by atoms with Crippen LogP contribution in [0.15, 0.2) is 41.6 Å². The topological polar surface area (TPSA) is 85.1 Å². The molecule has 0 saturated heterocycles. The molecular weight excluding hydrogens is 262 g/mol. The number of nitrogen functional groups attached to an aromatic ring is 1. The minimum atomic E-state index is -3.66. The van der Waals surface area contributed by atoms with Gasteiger partial charge < -0.3 is 5.73 Å². The van der Waals surface area contributed by atoms with E-state index < -0.39 is 10.0 Å². The highest BCUT2D eigenvalue weighted by Gasteiger charge is 2.18. The van der Waals surface area contributed by atoms with Crippen molar-refractivity contribution in [2.45, 2.75) is 18.7 Å². The lowest BCUT2D eigenvalue weighted by Gasteiger charge is -2.12. The quantitative estimate of drug-likeness (QED) is 0.841. The van der Waals surface area contributed by atoms with E-state index in [2.05, 4.69) is 9.71 Å². The van der Waals surface area contributed by atoms with Crippen LogP contribution in [0.1, 0.15) is 11.1 Å². The Bertz CT molecular complexity index is 697. The maximum absolute atomic E-state index is 12.3. The average molecular weight is 277 g/mol. The predicted molar refractivity (Wildman–Crippen MR) is 75.4 cm³/mol. The van der Waals surface area contributed by atoms with Crippen LogP contribution in [0.25, 0.3) is 0 Å². The van der Waals surface area contributed by atoms with Crippen LogP contribution >= 0.6 is 0 Å². The second-order valence-corrected chi connectivity index (χ2v) is 5.96. The first-order valence-electron chi connectivity index (χ1n) is 5.70. The first kappa shape index (κ1) is 13.4. The number of nitrogens with two attached hydrogens (primary N) is 1. The van der Waals surface area contributed by atoms with Gasteiger partial charge in [0, 0.05) is 11.9 Å². The summed E-state index contributed by atoms with van der Waals surface area (Å²) >= 11 is 0. The second-order valence-electron chi connectivity index (χ2n) is 4.31. The van der Waals surface area contributed by atoms with Crippen molar-refractivity contribution in [2.75, 3.05) is 10.5 Å². The van der Waals surface area contributed by atoms with E-state index >= 15 is 0 Å². The SMILES string of the molecule is Cc1cc(N)cc(S(=O)(=O)Nc2cccnc2)c1C. The number of aromatic nitrogens is 1. The zero-order chi connectivity index (χ0) is 14.0. The van der Waals surface area contributed by atoms with Crippen LogP contribution < -0.4 is 10.5 Å². The summed E-state index contributed by atoms with van der Waals surface area (Å²) in [5.74, 6) is 0. The number of anilines is 2. The molecule has 0 fully saturated rings. The molecule has 100 valence electrons. The van der Waals surface area contributed by atoms with Crippen LogP contribution in [0, 0.1) is 13.8 Å². The molecule has 1 aromatic heterocycles. The Morgan fingerprint density at radius 2 is 2.00 bits per heavy atom. The first-order chi connectivity index (χ1) is 8.90. The van der Waals surface area contributed by atoms with Crippen LogP contribution in [0.5, 0.6) is 0 Å². The lowest BCUT2D eigenvalue weighted by Crippen LogP contribution is -2.15. The summed E-state index contributed by atoms with van der Waals surface area (Å²) in [5.41, 5.74) is 8.08. The summed E-state index contributed by atoms with van der Waals surface area (Å²) in [6, 6.07) is 6.51. The first-order valence-corrected chi connectivity index (χ1v) is 7.18. The minimum Gasteiger partial charge on any atom is -0.399 e. The fourth-order valence-corrected chi connectivity index (χ4v) is 3.16. The Balaban J connectivity index is 2.46. The van der Waals surface area contributed by atoms with Crippen LogP contribution in [0.4, 0.5) is 11.4 Å². The molecule has 19 heavy (non-hydrogen) atoms. The normalized spacial score (nSPS) is 11.3. The van der Waals surface area contributed by atoms with Gasteiger partial charge in [0.1, 0.15) is 0 Å². The van der Waals surface area contributed by atoms with E-state index in [0.717, 1.165) is 5.56 Å².